The van der Waals surface area contributed by atoms with E-state index in [1.54, 1.807) is 12.3 Å². The van der Waals surface area contributed by atoms with Gasteiger partial charge in [-0.05, 0) is 48.0 Å². The number of halogens is 3. The Morgan fingerprint density at radius 2 is 1.88 bits per heavy atom. The van der Waals surface area contributed by atoms with Crippen molar-refractivity contribution in [1.82, 2.24) is 9.97 Å². The summed E-state index contributed by atoms with van der Waals surface area (Å²) in [4.78, 5) is 11.9. The molecular formula is C16H16F3N5S. The Bertz CT molecular complexity index is 802. The molecule has 2 rings (SSSR count). The van der Waals surface area contributed by atoms with E-state index in [4.69, 9.17) is 18.0 Å². The molecule has 0 unspecified atom stereocenters. The number of amidine groups is 1. The maximum atomic E-state index is 12.7. The molecule has 132 valence electrons. The number of alkyl halides is 3. The van der Waals surface area contributed by atoms with Gasteiger partial charge in [0.2, 0.25) is 0 Å². The quantitative estimate of drug-likeness (QED) is 0.491. The number of hydrogen-bond donors (Lipinski definition) is 2. The highest BCUT2D eigenvalue weighted by Crippen LogP contribution is 2.29. The van der Waals surface area contributed by atoms with Gasteiger partial charge in [-0.25, -0.2) is 9.98 Å². The van der Waals surface area contributed by atoms with Crippen LogP contribution in [0.3, 0.4) is 0 Å². The summed E-state index contributed by atoms with van der Waals surface area (Å²) in [5, 5.41) is 2.41. The van der Waals surface area contributed by atoms with Crippen LogP contribution in [0.5, 0.6) is 0 Å². The SMILES string of the molecule is CC(C)c1ccnc(/C(N)=N/C(=S)Nc2cc(C(F)(F)F)ccn2)c1. The van der Waals surface area contributed by atoms with E-state index in [0.29, 0.717) is 5.69 Å². The standard InChI is InChI=1S/C16H16F3N5S/c1-9(2)10-3-5-21-12(7-10)14(20)24-15(25)23-13-8-11(4-6-22-13)16(17,18)19/h3-9H,1-2H3,(H3,20,22,23,24,25). The number of rotatable bonds is 3. The van der Waals surface area contributed by atoms with Crippen LogP contribution in [-0.2, 0) is 6.18 Å². The zero-order valence-corrected chi connectivity index (χ0v) is 14.3. The third-order valence-corrected chi connectivity index (χ3v) is 3.45. The molecule has 0 atom stereocenters. The van der Waals surface area contributed by atoms with Crippen molar-refractivity contribution in [3.63, 3.8) is 0 Å². The van der Waals surface area contributed by atoms with Crippen molar-refractivity contribution in [3.8, 4) is 0 Å². The Morgan fingerprint density at radius 1 is 1.20 bits per heavy atom. The first kappa shape index (κ1) is 18.8. The number of anilines is 1. The first-order valence-corrected chi connectivity index (χ1v) is 7.72. The van der Waals surface area contributed by atoms with Crippen molar-refractivity contribution in [2.24, 2.45) is 10.7 Å². The van der Waals surface area contributed by atoms with Crippen LogP contribution < -0.4 is 11.1 Å². The third kappa shape index (κ3) is 5.21. The number of aromatic nitrogens is 2. The molecule has 0 saturated heterocycles. The predicted molar refractivity (Wildman–Crippen MR) is 94.5 cm³/mol. The normalized spacial score (nSPS) is 12.3. The van der Waals surface area contributed by atoms with Gasteiger partial charge in [-0.15, -0.1) is 0 Å². The lowest BCUT2D eigenvalue weighted by Crippen LogP contribution is -2.20. The van der Waals surface area contributed by atoms with E-state index in [0.717, 1.165) is 23.9 Å². The van der Waals surface area contributed by atoms with Crippen LogP contribution in [0.25, 0.3) is 0 Å². The molecule has 0 aliphatic heterocycles. The van der Waals surface area contributed by atoms with Gasteiger partial charge < -0.3 is 11.1 Å². The van der Waals surface area contributed by atoms with Gasteiger partial charge in [0, 0.05) is 12.4 Å². The highest BCUT2D eigenvalue weighted by molar-refractivity contribution is 7.80. The second-order valence-electron chi connectivity index (χ2n) is 5.48. The molecule has 25 heavy (non-hydrogen) atoms. The molecule has 3 N–H and O–H groups in total. The Morgan fingerprint density at radius 3 is 2.52 bits per heavy atom. The summed E-state index contributed by atoms with van der Waals surface area (Å²) in [6, 6.07) is 5.36. The molecule has 0 spiro atoms. The molecule has 0 amide bonds. The summed E-state index contributed by atoms with van der Waals surface area (Å²) >= 11 is 5.01. The van der Waals surface area contributed by atoms with Crippen LogP contribution in [-0.4, -0.2) is 20.9 Å². The summed E-state index contributed by atoms with van der Waals surface area (Å²) in [6.45, 7) is 4.05. The van der Waals surface area contributed by atoms with Gasteiger partial charge in [-0.1, -0.05) is 13.8 Å². The van der Waals surface area contributed by atoms with E-state index in [1.807, 2.05) is 19.9 Å². The number of nitrogens with one attached hydrogen (secondary N) is 1. The summed E-state index contributed by atoms with van der Waals surface area (Å²) in [5.41, 5.74) is 6.51. The fraction of sp³-hybridized carbons (Fsp3) is 0.250. The first-order valence-electron chi connectivity index (χ1n) is 7.31. The number of hydrogen-bond acceptors (Lipinski definition) is 3. The average Bonchev–Trinajstić information content (AvgIpc) is 2.54. The average molecular weight is 367 g/mol. The Balaban J connectivity index is 2.16. The summed E-state index contributed by atoms with van der Waals surface area (Å²) < 4.78 is 38.1. The smallest absolute Gasteiger partial charge is 0.382 e. The maximum Gasteiger partial charge on any atom is 0.416 e. The maximum absolute atomic E-state index is 12.7. The Hall–Kier alpha value is -2.55. The van der Waals surface area contributed by atoms with Crippen molar-refractivity contribution < 1.29 is 13.2 Å². The van der Waals surface area contributed by atoms with Gasteiger partial charge in [0.15, 0.2) is 10.9 Å². The summed E-state index contributed by atoms with van der Waals surface area (Å²) in [6.07, 6.45) is -1.82. The van der Waals surface area contributed by atoms with Gasteiger partial charge >= 0.3 is 6.18 Å². The minimum absolute atomic E-state index is 0.0620. The van der Waals surface area contributed by atoms with Crippen LogP contribution in [0.1, 0.15) is 36.6 Å². The number of thiocarbonyl (C=S) groups is 1. The van der Waals surface area contributed by atoms with Gasteiger partial charge in [-0.2, -0.15) is 13.2 Å². The van der Waals surface area contributed by atoms with Crippen molar-refractivity contribution in [1.29, 1.82) is 0 Å². The van der Waals surface area contributed by atoms with E-state index < -0.39 is 11.7 Å². The van der Waals surface area contributed by atoms with Crippen LogP contribution >= 0.6 is 12.2 Å². The zero-order chi connectivity index (χ0) is 18.6. The van der Waals surface area contributed by atoms with E-state index in [2.05, 4.69) is 20.3 Å². The van der Waals surface area contributed by atoms with E-state index in [9.17, 15) is 13.2 Å². The van der Waals surface area contributed by atoms with Gasteiger partial charge in [0.25, 0.3) is 0 Å². The minimum atomic E-state index is -4.47. The number of nitrogens with zero attached hydrogens (tertiary/aromatic N) is 3. The molecule has 2 heterocycles. The van der Waals surface area contributed by atoms with E-state index in [-0.39, 0.29) is 22.7 Å². The van der Waals surface area contributed by atoms with Gasteiger partial charge in [0.05, 0.1) is 5.56 Å². The van der Waals surface area contributed by atoms with E-state index in [1.165, 1.54) is 0 Å². The molecule has 0 radical (unpaired) electrons. The van der Waals surface area contributed by atoms with Crippen LogP contribution in [0.4, 0.5) is 19.0 Å². The summed E-state index contributed by atoms with van der Waals surface area (Å²) in [7, 11) is 0. The monoisotopic (exact) mass is 367 g/mol. The lowest BCUT2D eigenvalue weighted by molar-refractivity contribution is -0.137. The topological polar surface area (TPSA) is 76.2 Å². The predicted octanol–water partition coefficient (Wildman–Crippen LogP) is 3.72. The highest BCUT2D eigenvalue weighted by Gasteiger charge is 2.30. The number of pyridine rings is 2. The second-order valence-corrected chi connectivity index (χ2v) is 5.87. The van der Waals surface area contributed by atoms with Crippen LogP contribution in [0, 0.1) is 0 Å². The lowest BCUT2D eigenvalue weighted by Gasteiger charge is -2.09. The zero-order valence-electron chi connectivity index (χ0n) is 13.5. The first-order chi connectivity index (χ1) is 11.7. The van der Waals surface area contributed by atoms with E-state index >= 15 is 0 Å². The fourth-order valence-electron chi connectivity index (χ4n) is 1.93. The third-order valence-electron chi connectivity index (χ3n) is 3.26. The van der Waals surface area contributed by atoms with Crippen molar-refractivity contribution in [2.45, 2.75) is 25.9 Å². The van der Waals surface area contributed by atoms with Gasteiger partial charge in [-0.3, -0.25) is 4.98 Å². The van der Waals surface area contributed by atoms with Gasteiger partial charge in [0.1, 0.15) is 11.5 Å². The molecule has 0 aromatic carbocycles. The number of aliphatic imine (C=N–C) groups is 1. The van der Waals surface area contributed by atoms with Crippen LogP contribution in [0.15, 0.2) is 41.7 Å². The molecule has 0 saturated carbocycles. The molecule has 2 aromatic heterocycles. The molecule has 5 nitrogen and oxygen atoms in total. The molecule has 2 aromatic rings. The molecule has 0 fully saturated rings. The van der Waals surface area contributed by atoms with Crippen LogP contribution in [0.2, 0.25) is 0 Å². The van der Waals surface area contributed by atoms with Crippen molar-refractivity contribution in [3.05, 3.63) is 53.5 Å². The second kappa shape index (κ2) is 7.56. The van der Waals surface area contributed by atoms with Crippen molar-refractivity contribution >= 4 is 29.0 Å². The molecular weight excluding hydrogens is 351 g/mol. The molecule has 0 aliphatic rings. The lowest BCUT2D eigenvalue weighted by atomic mass is 10.0. The molecule has 9 heteroatoms. The highest BCUT2D eigenvalue weighted by atomic mass is 32.1. The number of nitrogens with two attached hydrogens (primary N) is 1. The molecule has 0 aliphatic carbocycles. The largest absolute Gasteiger partial charge is 0.416 e. The minimum Gasteiger partial charge on any atom is -0.382 e. The Kier molecular flexibility index (Phi) is 5.68. The Labute approximate surface area is 148 Å². The van der Waals surface area contributed by atoms with Crippen molar-refractivity contribution in [2.75, 3.05) is 5.32 Å². The fourth-order valence-corrected chi connectivity index (χ4v) is 2.13. The molecule has 0 bridgehead atoms. The summed E-state index contributed by atoms with van der Waals surface area (Å²) in [5.74, 6) is 0.279.